The number of carbonyl (C=O) groups is 2. The molecule has 206 valence electrons. The van der Waals surface area contributed by atoms with Gasteiger partial charge in [-0.3, -0.25) is 9.59 Å². The van der Waals surface area contributed by atoms with E-state index in [0.717, 1.165) is 22.5 Å². The van der Waals surface area contributed by atoms with E-state index in [-0.39, 0.29) is 24.1 Å². The fourth-order valence-corrected chi connectivity index (χ4v) is 5.15. The monoisotopic (exact) mass is 574 g/mol. The molecule has 0 fully saturated rings. The lowest BCUT2D eigenvalue weighted by Crippen LogP contribution is -2.41. The van der Waals surface area contributed by atoms with Gasteiger partial charge in [-0.15, -0.1) is 0 Å². The number of halogens is 1. The largest absolute Gasteiger partial charge is 0.497 e. The van der Waals surface area contributed by atoms with Crippen LogP contribution in [0.4, 0.5) is 5.69 Å². The molecular formula is C31H31ClN4O3S. The molecule has 1 heterocycles. The fraction of sp³-hybridized carbons (Fsp3) is 0.226. The number of nitrogens with zero attached hydrogens (tertiary/aromatic N) is 3. The van der Waals surface area contributed by atoms with Gasteiger partial charge in [0.2, 0.25) is 5.91 Å². The van der Waals surface area contributed by atoms with Crippen molar-refractivity contribution in [3.05, 3.63) is 112 Å². The molecule has 1 unspecified atom stereocenters. The zero-order valence-corrected chi connectivity index (χ0v) is 24.4. The predicted molar refractivity (Wildman–Crippen MR) is 160 cm³/mol. The summed E-state index contributed by atoms with van der Waals surface area (Å²) in [5.74, 6) is 0.169. The van der Waals surface area contributed by atoms with Gasteiger partial charge in [-0.05, 0) is 74.4 Å². The van der Waals surface area contributed by atoms with E-state index in [4.69, 9.17) is 16.3 Å². The minimum absolute atomic E-state index is 0.0641. The van der Waals surface area contributed by atoms with Gasteiger partial charge in [-0.25, -0.2) is 9.97 Å². The zero-order valence-electron chi connectivity index (χ0n) is 22.8. The van der Waals surface area contributed by atoms with Gasteiger partial charge in [0.15, 0.2) is 5.16 Å². The third-order valence-electron chi connectivity index (χ3n) is 6.18. The Morgan fingerprint density at radius 2 is 1.55 bits per heavy atom. The van der Waals surface area contributed by atoms with Crippen molar-refractivity contribution in [2.24, 2.45) is 0 Å². The van der Waals surface area contributed by atoms with E-state index in [1.54, 1.807) is 60.5 Å². The second-order valence-corrected chi connectivity index (χ2v) is 10.8. The Morgan fingerprint density at radius 3 is 2.15 bits per heavy atom. The third-order valence-corrected chi connectivity index (χ3v) is 7.27. The number of amides is 2. The molecule has 0 spiro atoms. The lowest BCUT2D eigenvalue weighted by molar-refractivity contribution is -0.137. The van der Waals surface area contributed by atoms with Gasteiger partial charge in [0, 0.05) is 28.6 Å². The van der Waals surface area contributed by atoms with Crippen LogP contribution >= 0.6 is 23.4 Å². The first-order chi connectivity index (χ1) is 19.2. The lowest BCUT2D eigenvalue weighted by Gasteiger charge is -2.31. The fourth-order valence-electron chi connectivity index (χ4n) is 4.18. The maximum atomic E-state index is 13.9. The van der Waals surface area contributed by atoms with Crippen molar-refractivity contribution >= 4 is 40.9 Å². The number of hydrogen-bond donors (Lipinski definition) is 1. The highest BCUT2D eigenvalue weighted by molar-refractivity contribution is 7.99. The van der Waals surface area contributed by atoms with Crippen LogP contribution in [0.25, 0.3) is 0 Å². The number of nitrogens with one attached hydrogen (secondary N) is 1. The zero-order chi connectivity index (χ0) is 28.6. The standard InChI is InChI=1S/C31H31ClN4O3S/c1-20-5-7-23(8-6-20)18-36(28(37)19-40-31-33-21(2)17-22(3)34-31)29(24-9-11-25(32)12-10-24)30(38)35-26-13-15-27(39-4)16-14-26/h5-17,29H,18-19H2,1-4H3,(H,35,38). The summed E-state index contributed by atoms with van der Waals surface area (Å²) in [6, 6.07) is 22.9. The number of anilines is 1. The minimum atomic E-state index is -0.922. The first kappa shape index (κ1) is 29.1. The van der Waals surface area contributed by atoms with Crippen LogP contribution in [0.5, 0.6) is 5.75 Å². The molecule has 1 N–H and O–H groups in total. The molecule has 1 atom stereocenters. The molecule has 0 bridgehead atoms. The maximum Gasteiger partial charge on any atom is 0.251 e. The van der Waals surface area contributed by atoms with E-state index in [9.17, 15) is 9.59 Å². The molecule has 0 aliphatic heterocycles. The summed E-state index contributed by atoms with van der Waals surface area (Å²) in [5.41, 5.74) is 4.90. The molecule has 2 amide bonds. The summed E-state index contributed by atoms with van der Waals surface area (Å²) < 4.78 is 5.23. The van der Waals surface area contributed by atoms with Crippen LogP contribution in [0.3, 0.4) is 0 Å². The summed E-state index contributed by atoms with van der Waals surface area (Å²) in [5, 5.41) is 4.03. The summed E-state index contributed by atoms with van der Waals surface area (Å²) >= 11 is 7.43. The van der Waals surface area contributed by atoms with Crippen LogP contribution in [-0.4, -0.2) is 39.5 Å². The molecule has 40 heavy (non-hydrogen) atoms. The Morgan fingerprint density at radius 1 is 0.925 bits per heavy atom. The summed E-state index contributed by atoms with van der Waals surface area (Å²) in [6.07, 6.45) is 0. The highest BCUT2D eigenvalue weighted by Crippen LogP contribution is 2.29. The molecule has 1 aromatic heterocycles. The molecule has 7 nitrogen and oxygen atoms in total. The third kappa shape index (κ3) is 7.83. The number of aryl methyl sites for hydroxylation is 3. The van der Waals surface area contributed by atoms with Crippen molar-refractivity contribution < 1.29 is 14.3 Å². The molecule has 0 radical (unpaired) electrons. The predicted octanol–water partition coefficient (Wildman–Crippen LogP) is 6.56. The number of hydrogen-bond acceptors (Lipinski definition) is 6. The summed E-state index contributed by atoms with van der Waals surface area (Å²) in [6.45, 7) is 6.03. The first-order valence-corrected chi connectivity index (χ1v) is 14.1. The second kappa shape index (κ2) is 13.5. The Kier molecular flexibility index (Phi) is 9.79. The van der Waals surface area contributed by atoms with E-state index in [1.165, 1.54) is 11.8 Å². The van der Waals surface area contributed by atoms with Crippen molar-refractivity contribution in [1.29, 1.82) is 0 Å². The Bertz CT molecular complexity index is 1440. The van der Waals surface area contributed by atoms with Crippen molar-refractivity contribution in [3.8, 4) is 5.75 Å². The number of thioether (sulfide) groups is 1. The van der Waals surface area contributed by atoms with Gasteiger partial charge in [0.1, 0.15) is 11.8 Å². The molecule has 3 aromatic carbocycles. The lowest BCUT2D eigenvalue weighted by atomic mass is 10.0. The SMILES string of the molecule is COc1ccc(NC(=O)C(c2ccc(Cl)cc2)N(Cc2ccc(C)cc2)C(=O)CSc2nc(C)cc(C)n2)cc1. The van der Waals surface area contributed by atoms with Crippen molar-refractivity contribution in [2.45, 2.75) is 38.5 Å². The van der Waals surface area contributed by atoms with Gasteiger partial charge < -0.3 is 15.0 Å². The first-order valence-electron chi connectivity index (χ1n) is 12.7. The number of aromatic nitrogens is 2. The summed E-state index contributed by atoms with van der Waals surface area (Å²) in [7, 11) is 1.58. The molecule has 4 rings (SSSR count). The van der Waals surface area contributed by atoms with E-state index in [1.807, 2.05) is 51.1 Å². The number of rotatable bonds is 10. The van der Waals surface area contributed by atoms with Gasteiger partial charge >= 0.3 is 0 Å². The second-order valence-electron chi connectivity index (χ2n) is 9.40. The van der Waals surface area contributed by atoms with Crippen molar-refractivity contribution in [2.75, 3.05) is 18.2 Å². The van der Waals surface area contributed by atoms with Gasteiger partial charge in [0.05, 0.1) is 12.9 Å². The quantitative estimate of drug-likeness (QED) is 0.170. The summed E-state index contributed by atoms with van der Waals surface area (Å²) in [4.78, 5) is 38.3. The van der Waals surface area contributed by atoms with E-state index in [0.29, 0.717) is 27.2 Å². The molecule has 0 saturated heterocycles. The van der Waals surface area contributed by atoms with Gasteiger partial charge in [0.25, 0.3) is 5.91 Å². The molecule has 4 aromatic rings. The van der Waals surface area contributed by atoms with Crippen LogP contribution in [0.2, 0.25) is 5.02 Å². The van der Waals surface area contributed by atoms with Crippen LogP contribution < -0.4 is 10.1 Å². The Hall–Kier alpha value is -3.88. The van der Waals surface area contributed by atoms with Crippen LogP contribution in [-0.2, 0) is 16.1 Å². The average molecular weight is 575 g/mol. The number of ether oxygens (including phenoxy) is 1. The molecule has 9 heteroatoms. The number of benzene rings is 3. The van der Waals surface area contributed by atoms with Crippen LogP contribution in [0.1, 0.15) is 34.1 Å². The average Bonchev–Trinajstić information content (AvgIpc) is 2.93. The highest BCUT2D eigenvalue weighted by Gasteiger charge is 2.32. The van der Waals surface area contributed by atoms with Gasteiger partial charge in [-0.1, -0.05) is 65.3 Å². The highest BCUT2D eigenvalue weighted by atomic mass is 35.5. The van der Waals surface area contributed by atoms with Crippen molar-refractivity contribution in [3.63, 3.8) is 0 Å². The molecule has 0 saturated carbocycles. The maximum absolute atomic E-state index is 13.9. The van der Waals surface area contributed by atoms with E-state index in [2.05, 4.69) is 15.3 Å². The van der Waals surface area contributed by atoms with E-state index < -0.39 is 6.04 Å². The number of methoxy groups -OCH3 is 1. The molecule has 0 aliphatic carbocycles. The smallest absolute Gasteiger partial charge is 0.251 e. The topological polar surface area (TPSA) is 84.4 Å². The number of carbonyl (C=O) groups excluding carboxylic acids is 2. The van der Waals surface area contributed by atoms with Gasteiger partial charge in [-0.2, -0.15) is 0 Å². The minimum Gasteiger partial charge on any atom is -0.497 e. The van der Waals surface area contributed by atoms with Crippen molar-refractivity contribution in [1.82, 2.24) is 14.9 Å². The van der Waals surface area contributed by atoms with Crippen LogP contribution in [0.15, 0.2) is 84.0 Å². The Balaban J connectivity index is 1.69. The molecule has 0 aliphatic rings. The van der Waals surface area contributed by atoms with Crippen LogP contribution in [0, 0.1) is 20.8 Å². The normalized spacial score (nSPS) is 11.5. The Labute approximate surface area is 243 Å². The molecular weight excluding hydrogens is 544 g/mol. The van der Waals surface area contributed by atoms with E-state index >= 15 is 0 Å².